The Hall–Kier alpha value is -3.43. The summed E-state index contributed by atoms with van der Waals surface area (Å²) in [4.78, 5) is 24.6. The lowest BCUT2D eigenvalue weighted by atomic mass is 9.99. The van der Waals surface area contributed by atoms with Crippen LogP contribution in [0.15, 0.2) is 60.8 Å². The van der Waals surface area contributed by atoms with E-state index in [0.717, 1.165) is 24.3 Å². The molecule has 0 spiro atoms. The standard InChI is InChI=1S/C22H32F2N4O2.C3H4F2.C3H6.C2H6/c1-14(26-19(29)11-16-9-17(23)12-18(24)10-16)20(30)27-15(2)28(22(6,7)8)25-13-21(3,4)5;4-2-1-3-5;1-3-2;1-2/h9-10,12-14H,2,11H2,1,3-8H3,(H,26,29)(H,27,30);1-2H,3H2;3H,1H2,2H3;1-2H3/b25-13+;2-1+;;/t14-;;;/m0.../s1. The number of benzene rings is 1. The lowest BCUT2D eigenvalue weighted by Crippen LogP contribution is -2.49. The van der Waals surface area contributed by atoms with Crippen LogP contribution < -0.4 is 10.6 Å². The van der Waals surface area contributed by atoms with Gasteiger partial charge in [-0.15, -0.1) is 6.58 Å². The number of nitrogens with zero attached hydrogens (tertiary/aromatic N) is 2. The zero-order valence-corrected chi connectivity index (χ0v) is 25.7. The maximum Gasteiger partial charge on any atom is 0.247 e. The fourth-order valence-electron chi connectivity index (χ4n) is 2.47. The van der Waals surface area contributed by atoms with Gasteiger partial charge in [0, 0.05) is 12.3 Å². The highest BCUT2D eigenvalue weighted by atomic mass is 19.1. The van der Waals surface area contributed by atoms with Crippen LogP contribution in [0.25, 0.3) is 0 Å². The van der Waals surface area contributed by atoms with Crippen molar-refractivity contribution in [1.29, 1.82) is 0 Å². The van der Waals surface area contributed by atoms with Gasteiger partial charge in [-0.05, 0) is 63.8 Å². The molecule has 2 amide bonds. The summed E-state index contributed by atoms with van der Waals surface area (Å²) in [5, 5.41) is 11.2. The molecule has 1 aromatic carbocycles. The van der Waals surface area contributed by atoms with E-state index in [1.807, 2.05) is 62.3 Å². The maximum absolute atomic E-state index is 13.3. The lowest BCUT2D eigenvalue weighted by Gasteiger charge is -2.35. The molecule has 40 heavy (non-hydrogen) atoms. The summed E-state index contributed by atoms with van der Waals surface area (Å²) >= 11 is 0. The Morgan fingerprint density at radius 1 is 1.07 bits per heavy atom. The Balaban J connectivity index is -0.00000118. The van der Waals surface area contributed by atoms with E-state index in [0.29, 0.717) is 0 Å². The fraction of sp³-hybridized carbons (Fsp3) is 0.500. The Morgan fingerprint density at radius 3 is 1.90 bits per heavy atom. The molecule has 0 heterocycles. The molecule has 0 bridgehead atoms. The summed E-state index contributed by atoms with van der Waals surface area (Å²) in [5.41, 5.74) is -0.427. The van der Waals surface area contributed by atoms with Crippen LogP contribution in [0.3, 0.4) is 0 Å². The Labute approximate surface area is 238 Å². The van der Waals surface area contributed by atoms with Crippen molar-refractivity contribution >= 4 is 18.0 Å². The second kappa shape index (κ2) is 21.4. The third kappa shape index (κ3) is 21.5. The molecule has 0 fully saturated rings. The largest absolute Gasteiger partial charge is 0.344 e. The summed E-state index contributed by atoms with van der Waals surface area (Å²) < 4.78 is 47.8. The summed E-state index contributed by atoms with van der Waals surface area (Å²) in [7, 11) is 0. The van der Waals surface area contributed by atoms with Gasteiger partial charge in [-0.25, -0.2) is 22.6 Å². The van der Waals surface area contributed by atoms with Gasteiger partial charge in [0.25, 0.3) is 0 Å². The van der Waals surface area contributed by atoms with E-state index in [-0.39, 0.29) is 29.6 Å². The SMILES string of the molecule is C=C(NC(=O)[C@H](C)NC(=O)Cc1cc(F)cc(F)c1)N(/N=C/C(C)(C)C)C(C)(C)C.C=CC.CC.F/C=C/CF. The van der Waals surface area contributed by atoms with Gasteiger partial charge in [-0.3, -0.25) is 9.59 Å². The molecule has 0 saturated carbocycles. The zero-order valence-electron chi connectivity index (χ0n) is 25.7. The monoisotopic (exact) mass is 572 g/mol. The molecule has 0 saturated heterocycles. The van der Waals surface area contributed by atoms with Gasteiger partial charge < -0.3 is 10.6 Å². The van der Waals surface area contributed by atoms with E-state index in [9.17, 15) is 27.2 Å². The highest BCUT2D eigenvalue weighted by Gasteiger charge is 2.26. The van der Waals surface area contributed by atoms with Crippen molar-refractivity contribution < 1.29 is 27.2 Å². The Morgan fingerprint density at radius 2 is 1.55 bits per heavy atom. The molecule has 1 atom stereocenters. The lowest BCUT2D eigenvalue weighted by molar-refractivity contribution is -0.128. The molecule has 0 aliphatic heterocycles. The number of alkyl halides is 1. The molecule has 0 aliphatic carbocycles. The van der Waals surface area contributed by atoms with Crippen molar-refractivity contribution in [3.63, 3.8) is 0 Å². The minimum atomic E-state index is -0.888. The number of hydrogen-bond donors (Lipinski definition) is 2. The number of hydrazone groups is 1. The van der Waals surface area contributed by atoms with Crippen molar-refractivity contribution in [1.82, 2.24) is 15.6 Å². The van der Waals surface area contributed by atoms with Crippen molar-refractivity contribution in [3.05, 3.63) is 72.9 Å². The van der Waals surface area contributed by atoms with Crippen LogP contribution in [0.1, 0.15) is 74.8 Å². The van der Waals surface area contributed by atoms with Crippen LogP contribution in [-0.2, 0) is 16.0 Å². The first-order valence-corrected chi connectivity index (χ1v) is 12.9. The van der Waals surface area contributed by atoms with Gasteiger partial charge in [0.15, 0.2) is 0 Å². The number of carbonyl (C=O) groups is 2. The number of carbonyl (C=O) groups excluding carboxylic acids is 2. The molecule has 1 aromatic rings. The molecule has 0 radical (unpaired) electrons. The van der Waals surface area contributed by atoms with Crippen LogP contribution in [-0.4, -0.2) is 41.3 Å². The van der Waals surface area contributed by atoms with E-state index in [4.69, 9.17) is 0 Å². The van der Waals surface area contributed by atoms with Crippen LogP contribution in [0.2, 0.25) is 0 Å². The molecule has 0 aromatic heterocycles. The van der Waals surface area contributed by atoms with E-state index in [1.165, 1.54) is 6.92 Å². The van der Waals surface area contributed by atoms with E-state index in [1.54, 1.807) is 17.3 Å². The minimum absolute atomic E-state index is 0.161. The molecule has 2 N–H and O–H groups in total. The number of allylic oxidation sites excluding steroid dienone is 2. The molecule has 10 heteroatoms. The Bertz CT molecular complexity index is 945. The summed E-state index contributed by atoms with van der Waals surface area (Å²) in [6.07, 6.45) is 4.23. The number of nitrogens with one attached hydrogen (secondary N) is 2. The first-order chi connectivity index (χ1) is 18.4. The quantitative estimate of drug-likeness (QED) is 0.148. The van der Waals surface area contributed by atoms with Gasteiger partial charge in [-0.2, -0.15) is 5.10 Å². The smallest absolute Gasteiger partial charge is 0.247 e. The average Bonchev–Trinajstić information content (AvgIpc) is 2.79. The highest BCUT2D eigenvalue weighted by molar-refractivity contribution is 5.88. The average molecular weight is 573 g/mol. The molecular formula is C30H48F4N4O2. The number of halogens is 4. The van der Waals surface area contributed by atoms with E-state index >= 15 is 0 Å². The van der Waals surface area contributed by atoms with Gasteiger partial charge >= 0.3 is 0 Å². The fourth-order valence-corrected chi connectivity index (χ4v) is 2.47. The predicted octanol–water partition coefficient (Wildman–Crippen LogP) is 7.39. The second-order valence-electron chi connectivity index (χ2n) is 10.2. The zero-order chi connectivity index (χ0) is 32.1. The minimum Gasteiger partial charge on any atom is -0.344 e. The number of amides is 2. The van der Waals surface area contributed by atoms with Crippen LogP contribution in [0.4, 0.5) is 17.6 Å². The van der Waals surface area contributed by atoms with Crippen LogP contribution in [0.5, 0.6) is 0 Å². The summed E-state index contributed by atoms with van der Waals surface area (Å²) in [6.45, 7) is 25.7. The van der Waals surface area contributed by atoms with Gasteiger partial charge in [0.2, 0.25) is 11.8 Å². The van der Waals surface area contributed by atoms with E-state index < -0.39 is 41.7 Å². The van der Waals surface area contributed by atoms with Crippen molar-refractivity contribution in [2.24, 2.45) is 10.5 Å². The Kier molecular flexibility index (Phi) is 22.0. The van der Waals surface area contributed by atoms with Gasteiger partial charge in [0.1, 0.15) is 30.2 Å². The van der Waals surface area contributed by atoms with Crippen molar-refractivity contribution in [2.45, 2.75) is 87.2 Å². The molecule has 1 rings (SSSR count). The maximum atomic E-state index is 13.3. The second-order valence-corrected chi connectivity index (χ2v) is 10.2. The van der Waals surface area contributed by atoms with Gasteiger partial charge in [-0.1, -0.05) is 47.3 Å². The predicted molar refractivity (Wildman–Crippen MR) is 158 cm³/mol. The highest BCUT2D eigenvalue weighted by Crippen LogP contribution is 2.19. The van der Waals surface area contributed by atoms with Gasteiger partial charge in [0.05, 0.1) is 18.3 Å². The van der Waals surface area contributed by atoms with Crippen molar-refractivity contribution in [2.75, 3.05) is 6.67 Å². The number of hydrogen-bond acceptors (Lipinski definition) is 4. The third-order valence-corrected chi connectivity index (χ3v) is 3.96. The number of rotatable bonds is 8. The third-order valence-electron chi connectivity index (χ3n) is 3.96. The molecule has 228 valence electrons. The first kappa shape index (κ1) is 41.1. The molecule has 0 unspecified atom stereocenters. The van der Waals surface area contributed by atoms with Crippen LogP contribution >= 0.6 is 0 Å². The summed E-state index contributed by atoms with van der Waals surface area (Å²) in [6, 6.07) is 1.99. The molecule has 0 aliphatic rings. The topological polar surface area (TPSA) is 73.8 Å². The first-order valence-electron chi connectivity index (χ1n) is 12.9. The van der Waals surface area contributed by atoms with Crippen molar-refractivity contribution in [3.8, 4) is 0 Å². The normalized spacial score (nSPS) is 11.6. The molecular weight excluding hydrogens is 524 g/mol. The van der Waals surface area contributed by atoms with Crippen LogP contribution in [0, 0.1) is 17.0 Å². The molecule has 6 nitrogen and oxygen atoms in total. The van der Waals surface area contributed by atoms with E-state index in [2.05, 4.69) is 28.9 Å². The summed E-state index contributed by atoms with van der Waals surface area (Å²) in [5.74, 6) is -2.29.